The maximum atomic E-state index is 13.4. The molecule has 2 aromatic rings. The fourth-order valence-electron chi connectivity index (χ4n) is 1.34. The summed E-state index contributed by atoms with van der Waals surface area (Å²) in [6.45, 7) is 0. The molecular weight excluding hydrogens is 211 g/mol. The van der Waals surface area contributed by atoms with Gasteiger partial charge in [0.05, 0.1) is 19.0 Å². The van der Waals surface area contributed by atoms with Gasteiger partial charge in [-0.1, -0.05) is 12.1 Å². The molecule has 0 saturated heterocycles. The number of esters is 1. The van der Waals surface area contributed by atoms with Gasteiger partial charge >= 0.3 is 5.97 Å². The molecule has 1 N–H and O–H groups in total. The first-order valence-electron chi connectivity index (χ1n) is 4.60. The number of ether oxygens (including phenoxy) is 1. The number of halogens is 1. The number of hydrogen-bond donors (Lipinski definition) is 1. The first kappa shape index (κ1) is 10.4. The number of carbonyl (C=O) groups is 1. The van der Waals surface area contributed by atoms with E-state index < -0.39 is 5.97 Å². The van der Waals surface area contributed by atoms with Crippen LogP contribution in [0.3, 0.4) is 0 Å². The molecule has 0 fully saturated rings. The van der Waals surface area contributed by atoms with E-state index >= 15 is 0 Å². The Bertz CT molecular complexity index is 522. The Morgan fingerprint density at radius 3 is 2.88 bits per heavy atom. The zero-order valence-electron chi connectivity index (χ0n) is 8.53. The molecule has 0 aliphatic heterocycles. The van der Waals surface area contributed by atoms with Crippen molar-refractivity contribution in [3.63, 3.8) is 0 Å². The van der Waals surface area contributed by atoms with Crippen LogP contribution in [0.25, 0.3) is 11.3 Å². The minimum atomic E-state index is -0.581. The molecular formula is C11H9FN2O2. The highest BCUT2D eigenvalue weighted by Gasteiger charge is 2.12. The van der Waals surface area contributed by atoms with Crippen LogP contribution in [0.2, 0.25) is 0 Å². The topological polar surface area (TPSA) is 55.0 Å². The Morgan fingerprint density at radius 1 is 1.44 bits per heavy atom. The smallest absolute Gasteiger partial charge is 0.374 e. The lowest BCUT2D eigenvalue weighted by Gasteiger charge is -1.98. The Labute approximate surface area is 91.1 Å². The summed E-state index contributed by atoms with van der Waals surface area (Å²) in [5, 5.41) is 0. The van der Waals surface area contributed by atoms with Crippen LogP contribution in [-0.2, 0) is 4.74 Å². The molecule has 0 unspecified atom stereocenters. The van der Waals surface area contributed by atoms with Crippen molar-refractivity contribution in [3.8, 4) is 11.3 Å². The van der Waals surface area contributed by atoms with E-state index in [4.69, 9.17) is 0 Å². The van der Waals surface area contributed by atoms with Gasteiger partial charge in [0, 0.05) is 5.56 Å². The summed E-state index contributed by atoms with van der Waals surface area (Å²) >= 11 is 0. The van der Waals surface area contributed by atoms with E-state index in [9.17, 15) is 9.18 Å². The summed E-state index contributed by atoms with van der Waals surface area (Å²) in [6, 6.07) is 6.24. The van der Waals surface area contributed by atoms with Gasteiger partial charge < -0.3 is 9.72 Å². The van der Waals surface area contributed by atoms with Gasteiger partial charge in [-0.05, 0) is 12.1 Å². The second kappa shape index (κ2) is 4.14. The molecule has 0 radical (unpaired) electrons. The first-order valence-corrected chi connectivity index (χ1v) is 4.60. The molecule has 1 heterocycles. The van der Waals surface area contributed by atoms with Gasteiger partial charge in [0.1, 0.15) is 5.82 Å². The summed E-state index contributed by atoms with van der Waals surface area (Å²) in [5.41, 5.74) is 0.809. The van der Waals surface area contributed by atoms with Crippen LogP contribution in [-0.4, -0.2) is 23.0 Å². The fraction of sp³-hybridized carbons (Fsp3) is 0.0909. The molecule has 5 heteroatoms. The second-order valence-corrected chi connectivity index (χ2v) is 3.12. The number of H-pyrrole nitrogens is 1. The van der Waals surface area contributed by atoms with Crippen LogP contribution in [0.1, 0.15) is 10.6 Å². The van der Waals surface area contributed by atoms with Gasteiger partial charge in [-0.3, -0.25) is 0 Å². The van der Waals surface area contributed by atoms with Crippen LogP contribution in [0.15, 0.2) is 30.5 Å². The van der Waals surface area contributed by atoms with Crippen molar-refractivity contribution in [1.29, 1.82) is 0 Å². The summed E-state index contributed by atoms with van der Waals surface area (Å²) < 4.78 is 17.9. The van der Waals surface area contributed by atoms with Gasteiger partial charge in [-0.15, -0.1) is 0 Å². The third-order valence-electron chi connectivity index (χ3n) is 2.12. The minimum absolute atomic E-state index is 0.0563. The van der Waals surface area contributed by atoms with E-state index in [-0.39, 0.29) is 11.6 Å². The van der Waals surface area contributed by atoms with E-state index in [0.717, 1.165) is 0 Å². The third-order valence-corrected chi connectivity index (χ3v) is 2.12. The maximum Gasteiger partial charge on any atom is 0.374 e. The molecule has 16 heavy (non-hydrogen) atoms. The quantitative estimate of drug-likeness (QED) is 0.787. The summed E-state index contributed by atoms with van der Waals surface area (Å²) in [5.74, 6) is -0.897. The largest absolute Gasteiger partial charge is 0.463 e. The number of rotatable bonds is 2. The predicted molar refractivity (Wildman–Crippen MR) is 55.3 cm³/mol. The van der Waals surface area contributed by atoms with Crippen molar-refractivity contribution in [1.82, 2.24) is 9.97 Å². The highest BCUT2D eigenvalue weighted by molar-refractivity contribution is 5.86. The molecule has 82 valence electrons. The molecule has 0 aliphatic rings. The van der Waals surface area contributed by atoms with Crippen molar-refractivity contribution >= 4 is 5.97 Å². The Morgan fingerprint density at radius 2 is 2.19 bits per heavy atom. The summed E-state index contributed by atoms with van der Waals surface area (Å²) in [6.07, 6.45) is 1.39. The normalized spacial score (nSPS) is 10.1. The van der Waals surface area contributed by atoms with Crippen LogP contribution < -0.4 is 0 Å². The fourth-order valence-corrected chi connectivity index (χ4v) is 1.34. The molecule has 0 bridgehead atoms. The van der Waals surface area contributed by atoms with Crippen LogP contribution >= 0.6 is 0 Å². The van der Waals surface area contributed by atoms with Crippen molar-refractivity contribution in [2.24, 2.45) is 0 Å². The molecule has 0 aliphatic carbocycles. The van der Waals surface area contributed by atoms with Gasteiger partial charge in [0.2, 0.25) is 5.82 Å². The van der Waals surface area contributed by atoms with Gasteiger partial charge in [-0.25, -0.2) is 14.2 Å². The number of aromatic nitrogens is 2. The zero-order chi connectivity index (χ0) is 11.5. The molecule has 2 rings (SSSR count). The molecule has 4 nitrogen and oxygen atoms in total. The zero-order valence-corrected chi connectivity index (χ0v) is 8.53. The van der Waals surface area contributed by atoms with Crippen molar-refractivity contribution < 1.29 is 13.9 Å². The maximum absolute atomic E-state index is 13.4. The van der Waals surface area contributed by atoms with Crippen LogP contribution in [0, 0.1) is 5.82 Å². The van der Waals surface area contributed by atoms with Gasteiger partial charge in [0.15, 0.2) is 0 Å². The molecule has 0 atom stereocenters. The SMILES string of the molecule is COC(=O)c1ncc(-c2ccccc2F)[nH]1. The number of methoxy groups -OCH3 is 1. The van der Waals surface area contributed by atoms with E-state index in [1.54, 1.807) is 18.2 Å². The summed E-state index contributed by atoms with van der Waals surface area (Å²) in [7, 11) is 1.26. The van der Waals surface area contributed by atoms with E-state index in [1.807, 2.05) is 0 Å². The lowest BCUT2D eigenvalue weighted by molar-refractivity contribution is 0.0588. The minimum Gasteiger partial charge on any atom is -0.463 e. The lowest BCUT2D eigenvalue weighted by Crippen LogP contribution is -2.03. The van der Waals surface area contributed by atoms with E-state index in [2.05, 4.69) is 14.7 Å². The molecule has 1 aromatic carbocycles. The second-order valence-electron chi connectivity index (χ2n) is 3.12. The number of aromatic amines is 1. The highest BCUT2D eigenvalue weighted by atomic mass is 19.1. The van der Waals surface area contributed by atoms with Crippen molar-refractivity contribution in [3.05, 3.63) is 42.1 Å². The van der Waals surface area contributed by atoms with Crippen LogP contribution in [0.4, 0.5) is 4.39 Å². The molecule has 0 spiro atoms. The van der Waals surface area contributed by atoms with Gasteiger partial charge in [0.25, 0.3) is 0 Å². The lowest BCUT2D eigenvalue weighted by atomic mass is 10.1. The predicted octanol–water partition coefficient (Wildman–Crippen LogP) is 2.00. The van der Waals surface area contributed by atoms with E-state index in [1.165, 1.54) is 19.4 Å². The number of hydrogen-bond acceptors (Lipinski definition) is 3. The Balaban J connectivity index is 2.39. The summed E-state index contributed by atoms with van der Waals surface area (Å²) in [4.78, 5) is 17.6. The van der Waals surface area contributed by atoms with Gasteiger partial charge in [-0.2, -0.15) is 0 Å². The molecule has 0 saturated carbocycles. The molecule has 1 aromatic heterocycles. The first-order chi connectivity index (χ1) is 7.72. The number of carbonyl (C=O) groups excluding carboxylic acids is 1. The average molecular weight is 220 g/mol. The Hall–Kier alpha value is -2.17. The van der Waals surface area contributed by atoms with Crippen LogP contribution in [0.5, 0.6) is 0 Å². The third kappa shape index (κ3) is 1.79. The number of nitrogens with zero attached hydrogens (tertiary/aromatic N) is 1. The average Bonchev–Trinajstić information content (AvgIpc) is 2.78. The van der Waals surface area contributed by atoms with Crippen molar-refractivity contribution in [2.45, 2.75) is 0 Å². The standard InChI is InChI=1S/C11H9FN2O2/c1-16-11(15)10-13-6-9(14-10)7-4-2-3-5-8(7)12/h2-6H,1H3,(H,13,14). The van der Waals surface area contributed by atoms with Crippen molar-refractivity contribution in [2.75, 3.05) is 7.11 Å². The molecule has 0 amide bonds. The Kier molecular flexibility index (Phi) is 2.68. The highest BCUT2D eigenvalue weighted by Crippen LogP contribution is 2.20. The number of benzene rings is 1. The number of imidazole rings is 1. The van der Waals surface area contributed by atoms with E-state index in [0.29, 0.717) is 11.3 Å². The monoisotopic (exact) mass is 220 g/mol. The number of nitrogens with one attached hydrogen (secondary N) is 1.